The molecule has 1 aromatic heterocycles. The first kappa shape index (κ1) is 14.6. The first-order valence-electron chi connectivity index (χ1n) is 7.36. The Balaban J connectivity index is 2.08. The molecule has 0 saturated carbocycles. The van der Waals surface area contributed by atoms with Crippen molar-refractivity contribution in [1.29, 1.82) is 0 Å². The maximum Gasteiger partial charge on any atom is 0.339 e. The second-order valence-electron chi connectivity index (χ2n) is 6.28. The van der Waals surface area contributed by atoms with Gasteiger partial charge in [0, 0.05) is 11.6 Å². The number of pyridine rings is 1. The molecule has 2 aromatic rings. The number of ether oxygens (including phenoxy) is 1. The molecule has 1 aromatic carbocycles. The zero-order valence-electron chi connectivity index (χ0n) is 13.3. The smallest absolute Gasteiger partial charge is 0.339 e. The number of aromatic nitrogens is 1. The van der Waals surface area contributed by atoms with E-state index in [-0.39, 0.29) is 17.4 Å². The number of rotatable bonds is 2. The number of hydrogen-bond donors (Lipinski definition) is 1. The average molecular weight is 296 g/mol. The Kier molecular flexibility index (Phi) is 3.39. The van der Waals surface area contributed by atoms with E-state index in [1.807, 2.05) is 25.3 Å². The first-order chi connectivity index (χ1) is 10.4. The van der Waals surface area contributed by atoms with Crippen LogP contribution >= 0.6 is 0 Å². The lowest BCUT2D eigenvalue weighted by Gasteiger charge is -2.27. The Bertz CT molecular complexity index is 720. The molecule has 0 bridgehead atoms. The van der Waals surface area contributed by atoms with Gasteiger partial charge in [0.25, 0.3) is 0 Å². The van der Waals surface area contributed by atoms with Gasteiger partial charge in [-0.15, -0.1) is 0 Å². The monoisotopic (exact) mass is 296 g/mol. The molecule has 1 atom stereocenters. The van der Waals surface area contributed by atoms with E-state index < -0.39 is 0 Å². The summed E-state index contributed by atoms with van der Waals surface area (Å²) in [6.07, 6.45) is 1.87. The van der Waals surface area contributed by atoms with Crippen LogP contribution in [0.4, 0.5) is 5.69 Å². The molecular weight excluding hydrogens is 276 g/mol. The van der Waals surface area contributed by atoms with Gasteiger partial charge in [0.15, 0.2) is 0 Å². The van der Waals surface area contributed by atoms with Crippen LogP contribution in [-0.4, -0.2) is 18.1 Å². The topological polar surface area (TPSA) is 51.2 Å². The number of aryl methyl sites for hydroxylation is 1. The minimum Gasteiger partial charge on any atom is -0.465 e. The summed E-state index contributed by atoms with van der Waals surface area (Å²) in [7, 11) is 1.40. The molecule has 0 aliphatic carbocycles. The summed E-state index contributed by atoms with van der Waals surface area (Å²) in [5.74, 6) is -0.322. The normalized spacial score (nSPS) is 18.5. The quantitative estimate of drug-likeness (QED) is 0.860. The maximum absolute atomic E-state index is 12.0. The number of para-hydroxylation sites is 1. The minimum absolute atomic E-state index is 0.0221. The zero-order chi connectivity index (χ0) is 15.9. The summed E-state index contributed by atoms with van der Waals surface area (Å²) in [6, 6.07) is 9.87. The molecule has 0 saturated heterocycles. The summed E-state index contributed by atoms with van der Waals surface area (Å²) in [4.78, 5) is 16.5. The molecule has 1 aliphatic heterocycles. The molecule has 1 unspecified atom stereocenters. The largest absolute Gasteiger partial charge is 0.465 e. The van der Waals surface area contributed by atoms with Crippen molar-refractivity contribution in [3.05, 3.63) is 58.9 Å². The lowest BCUT2D eigenvalue weighted by Crippen LogP contribution is -2.26. The predicted molar refractivity (Wildman–Crippen MR) is 86.1 cm³/mol. The highest BCUT2D eigenvalue weighted by atomic mass is 16.5. The first-order valence-corrected chi connectivity index (χ1v) is 7.36. The van der Waals surface area contributed by atoms with Crippen molar-refractivity contribution in [2.24, 2.45) is 0 Å². The maximum atomic E-state index is 12.0. The second-order valence-corrected chi connectivity index (χ2v) is 6.28. The molecule has 2 heterocycles. The van der Waals surface area contributed by atoms with Crippen molar-refractivity contribution >= 4 is 11.7 Å². The summed E-state index contributed by atoms with van der Waals surface area (Å²) in [5, 5.41) is 3.48. The van der Waals surface area contributed by atoms with E-state index in [9.17, 15) is 4.79 Å². The van der Waals surface area contributed by atoms with Crippen molar-refractivity contribution < 1.29 is 9.53 Å². The average Bonchev–Trinajstić information content (AvgIpc) is 2.79. The third-order valence-corrected chi connectivity index (χ3v) is 4.40. The van der Waals surface area contributed by atoms with Crippen LogP contribution in [0.25, 0.3) is 0 Å². The Morgan fingerprint density at radius 2 is 2.05 bits per heavy atom. The van der Waals surface area contributed by atoms with Crippen molar-refractivity contribution in [1.82, 2.24) is 4.98 Å². The van der Waals surface area contributed by atoms with Gasteiger partial charge in [0.2, 0.25) is 0 Å². The highest BCUT2D eigenvalue weighted by Crippen LogP contribution is 2.49. The Morgan fingerprint density at radius 1 is 1.27 bits per heavy atom. The molecule has 1 aliphatic rings. The number of nitrogens with one attached hydrogen (secondary N) is 1. The fourth-order valence-corrected chi connectivity index (χ4v) is 3.10. The molecule has 4 nitrogen and oxygen atoms in total. The molecule has 4 heteroatoms. The molecular formula is C18H20N2O2. The molecule has 0 amide bonds. The van der Waals surface area contributed by atoms with Gasteiger partial charge < -0.3 is 10.1 Å². The second kappa shape index (κ2) is 5.13. The number of benzene rings is 1. The van der Waals surface area contributed by atoms with Gasteiger partial charge in [-0.3, -0.25) is 4.98 Å². The van der Waals surface area contributed by atoms with E-state index in [1.165, 1.54) is 7.11 Å². The van der Waals surface area contributed by atoms with Crippen LogP contribution in [0.5, 0.6) is 0 Å². The lowest BCUT2D eigenvalue weighted by molar-refractivity contribution is 0.0602. The van der Waals surface area contributed by atoms with Crippen LogP contribution in [0.15, 0.2) is 36.5 Å². The van der Waals surface area contributed by atoms with Gasteiger partial charge in [0.1, 0.15) is 0 Å². The Labute approximate surface area is 130 Å². The van der Waals surface area contributed by atoms with Gasteiger partial charge in [-0.05, 0) is 30.2 Å². The van der Waals surface area contributed by atoms with Crippen LogP contribution in [-0.2, 0) is 10.2 Å². The molecule has 0 radical (unpaired) electrons. The van der Waals surface area contributed by atoms with Crippen LogP contribution in [0, 0.1) is 6.92 Å². The van der Waals surface area contributed by atoms with Gasteiger partial charge in [0.05, 0.1) is 30.1 Å². The fraction of sp³-hybridized carbons (Fsp3) is 0.333. The van der Waals surface area contributed by atoms with Crippen LogP contribution < -0.4 is 5.32 Å². The molecule has 0 fully saturated rings. The van der Waals surface area contributed by atoms with Crippen molar-refractivity contribution in [2.75, 3.05) is 12.4 Å². The summed E-state index contributed by atoms with van der Waals surface area (Å²) >= 11 is 0. The number of esters is 1. The summed E-state index contributed by atoms with van der Waals surface area (Å²) in [6.45, 7) is 6.35. The van der Waals surface area contributed by atoms with E-state index in [0.717, 1.165) is 22.5 Å². The third-order valence-electron chi connectivity index (χ3n) is 4.40. The Hall–Kier alpha value is -2.36. The van der Waals surface area contributed by atoms with Gasteiger partial charge >= 0.3 is 5.97 Å². The fourth-order valence-electron chi connectivity index (χ4n) is 3.10. The van der Waals surface area contributed by atoms with E-state index in [4.69, 9.17) is 4.74 Å². The van der Waals surface area contributed by atoms with E-state index in [2.05, 4.69) is 36.3 Å². The molecule has 114 valence electrons. The highest BCUT2D eigenvalue weighted by molar-refractivity contribution is 5.97. The van der Waals surface area contributed by atoms with E-state index >= 15 is 0 Å². The minimum atomic E-state index is -0.322. The lowest BCUT2D eigenvalue weighted by atomic mass is 9.79. The van der Waals surface area contributed by atoms with Crippen molar-refractivity contribution in [2.45, 2.75) is 32.2 Å². The molecule has 1 N–H and O–H groups in total. The number of nitrogens with zero attached hydrogens (tertiary/aromatic N) is 1. The van der Waals surface area contributed by atoms with Crippen molar-refractivity contribution in [3.63, 3.8) is 0 Å². The van der Waals surface area contributed by atoms with Crippen molar-refractivity contribution in [3.8, 4) is 0 Å². The predicted octanol–water partition coefficient (Wildman–Crippen LogP) is 3.62. The number of carbonyl (C=O) groups excluding carboxylic acids is 1. The third kappa shape index (κ3) is 2.15. The molecule has 0 spiro atoms. The van der Waals surface area contributed by atoms with Crippen LogP contribution in [0.1, 0.15) is 47.1 Å². The summed E-state index contributed by atoms with van der Waals surface area (Å²) < 4.78 is 4.89. The van der Waals surface area contributed by atoms with Crippen LogP contribution in [0.3, 0.4) is 0 Å². The highest BCUT2D eigenvalue weighted by Gasteiger charge is 2.42. The number of hydrogen-bond acceptors (Lipinski definition) is 4. The number of methoxy groups -OCH3 is 1. The zero-order valence-corrected chi connectivity index (χ0v) is 13.3. The van der Waals surface area contributed by atoms with Gasteiger partial charge in [-0.2, -0.15) is 0 Å². The standard InChI is InChI=1S/C18H20N2O2/c1-11-8-9-14(19-10-11)16-18(2,3)13-7-5-6-12(15(13)20-16)17(21)22-4/h5-10,16,20H,1-4H3. The van der Waals surface area contributed by atoms with Gasteiger partial charge in [-0.25, -0.2) is 4.79 Å². The number of fused-ring (bicyclic) bond motifs is 1. The van der Waals surface area contributed by atoms with Crippen LogP contribution in [0.2, 0.25) is 0 Å². The molecule has 3 rings (SSSR count). The number of carbonyl (C=O) groups is 1. The number of anilines is 1. The van der Waals surface area contributed by atoms with Gasteiger partial charge in [-0.1, -0.05) is 32.0 Å². The van der Waals surface area contributed by atoms with E-state index in [0.29, 0.717) is 5.56 Å². The SMILES string of the molecule is COC(=O)c1cccc2c1NC(c1ccc(C)cn1)C2(C)C. The molecule has 22 heavy (non-hydrogen) atoms. The Morgan fingerprint density at radius 3 is 2.68 bits per heavy atom. The summed E-state index contributed by atoms with van der Waals surface area (Å²) in [5.41, 5.74) is 4.48. The van der Waals surface area contributed by atoms with E-state index in [1.54, 1.807) is 6.07 Å².